The van der Waals surface area contributed by atoms with Crippen LogP contribution >= 0.6 is 0 Å². The molecule has 1 aromatic carbocycles. The molecule has 6 heteroatoms. The van der Waals surface area contributed by atoms with Crippen LogP contribution in [0.25, 0.3) is 5.69 Å². The van der Waals surface area contributed by atoms with Crippen LogP contribution in [0.1, 0.15) is 30.2 Å². The van der Waals surface area contributed by atoms with Crippen molar-refractivity contribution >= 4 is 5.82 Å². The third-order valence-electron chi connectivity index (χ3n) is 3.37. The van der Waals surface area contributed by atoms with Crippen LogP contribution in [0.4, 0.5) is 10.2 Å². The number of nitrogens with two attached hydrogens (primary N) is 1. The number of halogens is 1. The first-order valence-corrected chi connectivity index (χ1v) is 6.36. The molecule has 1 saturated heterocycles. The van der Waals surface area contributed by atoms with Gasteiger partial charge in [-0.1, -0.05) is 0 Å². The molecule has 1 fully saturated rings. The highest BCUT2D eigenvalue weighted by Gasteiger charge is 2.27. The first-order valence-electron chi connectivity index (χ1n) is 6.36. The molecule has 1 aliphatic heterocycles. The fourth-order valence-corrected chi connectivity index (χ4v) is 2.36. The Morgan fingerprint density at radius 3 is 2.75 bits per heavy atom. The summed E-state index contributed by atoms with van der Waals surface area (Å²) in [6.07, 6.45) is 1.58. The molecule has 0 aliphatic carbocycles. The lowest BCUT2D eigenvalue weighted by atomic mass is 10.1. The molecular weight excluding hydrogens is 259 g/mol. The molecule has 5 nitrogen and oxygen atoms in total. The molecular formula is C14H13FN4O. The highest BCUT2D eigenvalue weighted by atomic mass is 19.1. The standard InChI is InChI=1S/C14H13FN4O/c15-9-3-5-10(6-4-9)19-14(17)11(8-16)13(18-19)12-2-1-7-20-12/h3-6,12H,1-2,7,17H2/t12-/m0/s1. The van der Waals surface area contributed by atoms with Gasteiger partial charge in [-0.3, -0.25) is 0 Å². The Balaban J connectivity index is 2.08. The van der Waals surface area contributed by atoms with E-state index in [1.807, 2.05) is 0 Å². The average molecular weight is 272 g/mol. The van der Waals surface area contributed by atoms with Gasteiger partial charge in [0.1, 0.15) is 35.1 Å². The zero-order valence-electron chi connectivity index (χ0n) is 10.7. The largest absolute Gasteiger partial charge is 0.382 e. The van der Waals surface area contributed by atoms with Gasteiger partial charge in [0.05, 0.1) is 5.69 Å². The number of nitrogens with zero attached hydrogens (tertiary/aromatic N) is 3. The van der Waals surface area contributed by atoms with Crippen molar-refractivity contribution < 1.29 is 9.13 Å². The number of aromatic nitrogens is 2. The summed E-state index contributed by atoms with van der Waals surface area (Å²) in [6.45, 7) is 0.666. The molecule has 2 heterocycles. The fraction of sp³-hybridized carbons (Fsp3) is 0.286. The van der Waals surface area contributed by atoms with Gasteiger partial charge in [0.15, 0.2) is 0 Å². The van der Waals surface area contributed by atoms with E-state index in [2.05, 4.69) is 11.2 Å². The summed E-state index contributed by atoms with van der Waals surface area (Å²) in [6, 6.07) is 7.87. The van der Waals surface area contributed by atoms with E-state index in [9.17, 15) is 9.65 Å². The van der Waals surface area contributed by atoms with Crippen LogP contribution in [0.15, 0.2) is 24.3 Å². The number of nitriles is 1. The van der Waals surface area contributed by atoms with Crippen LogP contribution in [0, 0.1) is 17.1 Å². The lowest BCUT2D eigenvalue weighted by molar-refractivity contribution is 0.108. The molecule has 1 aromatic heterocycles. The van der Waals surface area contributed by atoms with Crippen LogP contribution in [-0.4, -0.2) is 16.4 Å². The maximum atomic E-state index is 13.0. The molecule has 2 aromatic rings. The Labute approximate surface area is 115 Å². The molecule has 0 unspecified atom stereocenters. The molecule has 102 valence electrons. The Hall–Kier alpha value is -2.39. The second-order valence-corrected chi connectivity index (χ2v) is 4.65. The second kappa shape index (κ2) is 4.94. The van der Waals surface area contributed by atoms with Crippen molar-refractivity contribution in [3.05, 3.63) is 41.3 Å². The molecule has 0 radical (unpaired) electrons. The summed E-state index contributed by atoms with van der Waals surface area (Å²) >= 11 is 0. The Kier molecular flexibility index (Phi) is 3.12. The Bertz CT molecular complexity index is 666. The molecule has 0 saturated carbocycles. The van der Waals surface area contributed by atoms with Gasteiger partial charge < -0.3 is 10.5 Å². The van der Waals surface area contributed by atoms with Gasteiger partial charge in [-0.15, -0.1) is 0 Å². The van der Waals surface area contributed by atoms with E-state index in [0.29, 0.717) is 23.6 Å². The van der Waals surface area contributed by atoms with Crippen molar-refractivity contribution in [1.82, 2.24) is 9.78 Å². The van der Waals surface area contributed by atoms with Gasteiger partial charge in [0.2, 0.25) is 0 Å². The first-order chi connectivity index (χ1) is 9.70. The highest BCUT2D eigenvalue weighted by molar-refractivity contribution is 5.56. The first kappa shape index (κ1) is 12.6. The summed E-state index contributed by atoms with van der Waals surface area (Å²) in [5.41, 5.74) is 7.49. The Morgan fingerprint density at radius 2 is 2.15 bits per heavy atom. The topological polar surface area (TPSA) is 76.9 Å². The highest BCUT2D eigenvalue weighted by Crippen LogP contribution is 2.33. The lowest BCUT2D eigenvalue weighted by Gasteiger charge is -2.05. The Morgan fingerprint density at radius 1 is 1.40 bits per heavy atom. The summed E-state index contributed by atoms with van der Waals surface area (Å²) < 4.78 is 20.0. The lowest BCUT2D eigenvalue weighted by Crippen LogP contribution is -2.03. The molecule has 1 atom stereocenters. The minimum Gasteiger partial charge on any atom is -0.382 e. The van der Waals surface area contributed by atoms with E-state index in [1.165, 1.54) is 16.8 Å². The normalized spacial score (nSPS) is 18.1. The minimum atomic E-state index is -0.334. The summed E-state index contributed by atoms with van der Waals surface area (Å²) in [7, 11) is 0. The third-order valence-corrected chi connectivity index (χ3v) is 3.37. The number of nitrogen functional groups attached to an aromatic ring is 1. The van der Waals surface area contributed by atoms with Crippen molar-refractivity contribution in [2.45, 2.75) is 18.9 Å². The molecule has 20 heavy (non-hydrogen) atoms. The van der Waals surface area contributed by atoms with Crippen molar-refractivity contribution in [2.75, 3.05) is 12.3 Å². The van der Waals surface area contributed by atoms with Gasteiger partial charge in [-0.25, -0.2) is 9.07 Å². The smallest absolute Gasteiger partial charge is 0.145 e. The summed E-state index contributed by atoms with van der Waals surface area (Å²) in [5, 5.41) is 13.6. The van der Waals surface area contributed by atoms with Gasteiger partial charge >= 0.3 is 0 Å². The molecule has 0 amide bonds. The maximum Gasteiger partial charge on any atom is 0.145 e. The van der Waals surface area contributed by atoms with E-state index >= 15 is 0 Å². The van der Waals surface area contributed by atoms with Gasteiger partial charge in [-0.2, -0.15) is 10.4 Å². The number of benzene rings is 1. The van der Waals surface area contributed by atoms with Crippen LogP contribution in [-0.2, 0) is 4.74 Å². The van der Waals surface area contributed by atoms with E-state index in [-0.39, 0.29) is 17.7 Å². The minimum absolute atomic E-state index is 0.186. The van der Waals surface area contributed by atoms with E-state index in [1.54, 1.807) is 12.1 Å². The molecule has 1 aliphatic rings. The van der Waals surface area contributed by atoms with E-state index in [0.717, 1.165) is 12.8 Å². The molecule has 0 spiro atoms. The number of ether oxygens (including phenoxy) is 1. The third kappa shape index (κ3) is 2.02. The molecule has 3 rings (SSSR count). The van der Waals surface area contributed by atoms with Crippen LogP contribution in [0.2, 0.25) is 0 Å². The van der Waals surface area contributed by atoms with Crippen LogP contribution in [0.5, 0.6) is 0 Å². The molecule has 0 bridgehead atoms. The van der Waals surface area contributed by atoms with Crippen molar-refractivity contribution in [3.8, 4) is 11.8 Å². The summed E-state index contributed by atoms with van der Waals surface area (Å²) in [4.78, 5) is 0. The second-order valence-electron chi connectivity index (χ2n) is 4.65. The van der Waals surface area contributed by atoms with Gasteiger partial charge in [0, 0.05) is 6.61 Å². The monoisotopic (exact) mass is 272 g/mol. The van der Waals surface area contributed by atoms with Crippen molar-refractivity contribution in [2.24, 2.45) is 0 Å². The van der Waals surface area contributed by atoms with Crippen molar-refractivity contribution in [1.29, 1.82) is 5.26 Å². The van der Waals surface area contributed by atoms with Crippen LogP contribution in [0.3, 0.4) is 0 Å². The number of hydrogen-bond donors (Lipinski definition) is 1. The van der Waals surface area contributed by atoms with E-state index < -0.39 is 0 Å². The zero-order chi connectivity index (χ0) is 14.1. The SMILES string of the molecule is N#Cc1c([C@@H]2CCCO2)nn(-c2ccc(F)cc2)c1N. The predicted molar refractivity (Wildman–Crippen MR) is 70.6 cm³/mol. The summed E-state index contributed by atoms with van der Waals surface area (Å²) in [5.74, 6) is -0.0797. The number of hydrogen-bond acceptors (Lipinski definition) is 4. The fourth-order valence-electron chi connectivity index (χ4n) is 2.36. The number of rotatable bonds is 2. The zero-order valence-corrected chi connectivity index (χ0v) is 10.7. The number of anilines is 1. The predicted octanol–water partition coefficient (Wildman–Crippen LogP) is 2.32. The van der Waals surface area contributed by atoms with Crippen molar-refractivity contribution in [3.63, 3.8) is 0 Å². The van der Waals surface area contributed by atoms with Crippen LogP contribution < -0.4 is 5.73 Å². The van der Waals surface area contributed by atoms with E-state index in [4.69, 9.17) is 10.5 Å². The average Bonchev–Trinajstić information content (AvgIpc) is 3.07. The van der Waals surface area contributed by atoms with Gasteiger partial charge in [0.25, 0.3) is 0 Å². The molecule has 2 N–H and O–H groups in total. The quantitative estimate of drug-likeness (QED) is 0.910. The maximum absolute atomic E-state index is 13.0. The van der Waals surface area contributed by atoms with Gasteiger partial charge in [-0.05, 0) is 37.1 Å².